The highest BCUT2D eigenvalue weighted by Gasteiger charge is 2.19. The van der Waals surface area contributed by atoms with Crippen molar-refractivity contribution in [1.82, 2.24) is 5.32 Å². The molecule has 0 spiro atoms. The number of hydrogen-bond donors (Lipinski definition) is 1. The van der Waals surface area contributed by atoms with Gasteiger partial charge in [-0.2, -0.15) is 0 Å². The van der Waals surface area contributed by atoms with Gasteiger partial charge in [0, 0.05) is 25.8 Å². The maximum atomic E-state index is 12.4. The lowest BCUT2D eigenvalue weighted by Crippen LogP contribution is -2.39. The Morgan fingerprint density at radius 2 is 1.73 bits per heavy atom. The van der Waals surface area contributed by atoms with E-state index in [4.69, 9.17) is 9.47 Å². The van der Waals surface area contributed by atoms with Gasteiger partial charge in [0.25, 0.3) is 5.91 Å². The van der Waals surface area contributed by atoms with Gasteiger partial charge in [0.15, 0.2) is 17.6 Å². The molecule has 0 radical (unpaired) electrons. The Hall–Kier alpha value is -2.69. The van der Waals surface area contributed by atoms with Crippen molar-refractivity contribution in [3.8, 4) is 11.5 Å². The molecule has 140 valence electrons. The number of para-hydroxylation sites is 3. The average Bonchev–Trinajstić information content (AvgIpc) is 2.69. The third-order valence-corrected chi connectivity index (χ3v) is 4.17. The summed E-state index contributed by atoms with van der Waals surface area (Å²) in [4.78, 5) is 14.6. The minimum Gasteiger partial charge on any atom is -0.493 e. The number of ether oxygens (including phenoxy) is 2. The second kappa shape index (κ2) is 10.3. The zero-order chi connectivity index (χ0) is 18.8. The van der Waals surface area contributed by atoms with Crippen LogP contribution < -0.4 is 19.7 Å². The summed E-state index contributed by atoms with van der Waals surface area (Å²) in [5.74, 6) is 1.12. The number of carbonyl (C=O) groups is 1. The molecular formula is C21H28N2O3. The van der Waals surface area contributed by atoms with Crippen LogP contribution in [0.1, 0.15) is 19.8 Å². The first kappa shape index (κ1) is 19.6. The summed E-state index contributed by atoms with van der Waals surface area (Å²) in [5, 5.41) is 2.97. The smallest absolute Gasteiger partial charge is 0.261 e. The number of anilines is 1. The maximum absolute atomic E-state index is 12.4. The number of nitrogens with one attached hydrogen (secondary N) is 1. The SMILES string of the molecule is CC[C@@H](Oc1ccccc1OC)C(=O)NCCCN(C)c1ccccc1. The van der Waals surface area contributed by atoms with Gasteiger partial charge in [0.2, 0.25) is 0 Å². The number of methoxy groups -OCH3 is 1. The van der Waals surface area contributed by atoms with Gasteiger partial charge in [-0.3, -0.25) is 4.79 Å². The van der Waals surface area contributed by atoms with Crippen LogP contribution in [0.5, 0.6) is 11.5 Å². The van der Waals surface area contributed by atoms with E-state index in [1.165, 1.54) is 5.69 Å². The molecule has 1 N–H and O–H groups in total. The van der Waals surface area contributed by atoms with Crippen molar-refractivity contribution in [1.29, 1.82) is 0 Å². The number of nitrogens with zero attached hydrogens (tertiary/aromatic N) is 1. The van der Waals surface area contributed by atoms with E-state index in [2.05, 4.69) is 29.4 Å². The fourth-order valence-corrected chi connectivity index (χ4v) is 2.64. The first-order valence-corrected chi connectivity index (χ1v) is 8.99. The molecule has 2 rings (SSSR count). The van der Waals surface area contributed by atoms with E-state index in [1.807, 2.05) is 49.4 Å². The predicted molar refractivity (Wildman–Crippen MR) is 105 cm³/mol. The second-order valence-electron chi connectivity index (χ2n) is 6.07. The average molecular weight is 356 g/mol. The molecule has 1 amide bonds. The van der Waals surface area contributed by atoms with Crippen molar-refractivity contribution in [2.45, 2.75) is 25.9 Å². The topological polar surface area (TPSA) is 50.8 Å². The lowest BCUT2D eigenvalue weighted by Gasteiger charge is -2.21. The number of rotatable bonds is 10. The van der Waals surface area contributed by atoms with Crippen molar-refractivity contribution in [3.05, 3.63) is 54.6 Å². The summed E-state index contributed by atoms with van der Waals surface area (Å²) < 4.78 is 11.1. The van der Waals surface area contributed by atoms with Gasteiger partial charge in [-0.05, 0) is 37.1 Å². The Kier molecular flexibility index (Phi) is 7.80. The van der Waals surface area contributed by atoms with E-state index >= 15 is 0 Å². The van der Waals surface area contributed by atoms with E-state index in [-0.39, 0.29) is 5.91 Å². The van der Waals surface area contributed by atoms with Gasteiger partial charge in [0.05, 0.1) is 7.11 Å². The van der Waals surface area contributed by atoms with Gasteiger partial charge in [-0.15, -0.1) is 0 Å². The molecule has 0 aliphatic heterocycles. The summed E-state index contributed by atoms with van der Waals surface area (Å²) in [6.07, 6.45) is 0.925. The minimum atomic E-state index is -0.529. The van der Waals surface area contributed by atoms with E-state index in [9.17, 15) is 4.79 Å². The van der Waals surface area contributed by atoms with Crippen LogP contribution in [-0.2, 0) is 4.79 Å². The van der Waals surface area contributed by atoms with E-state index < -0.39 is 6.10 Å². The van der Waals surface area contributed by atoms with Gasteiger partial charge in [-0.1, -0.05) is 37.3 Å². The van der Waals surface area contributed by atoms with Crippen LogP contribution >= 0.6 is 0 Å². The summed E-state index contributed by atoms with van der Waals surface area (Å²) in [7, 11) is 3.64. The van der Waals surface area contributed by atoms with Crippen molar-refractivity contribution >= 4 is 11.6 Å². The molecule has 26 heavy (non-hydrogen) atoms. The summed E-state index contributed by atoms with van der Waals surface area (Å²) in [6, 6.07) is 17.6. The lowest BCUT2D eigenvalue weighted by molar-refractivity contribution is -0.128. The summed E-state index contributed by atoms with van der Waals surface area (Å²) in [6.45, 7) is 3.42. The Balaban J connectivity index is 1.78. The van der Waals surface area contributed by atoms with Crippen LogP contribution in [0.15, 0.2) is 54.6 Å². The van der Waals surface area contributed by atoms with Crippen LogP contribution in [0.2, 0.25) is 0 Å². The lowest BCUT2D eigenvalue weighted by atomic mass is 10.2. The highest BCUT2D eigenvalue weighted by atomic mass is 16.5. The van der Waals surface area contributed by atoms with Crippen LogP contribution in [0.3, 0.4) is 0 Å². The molecule has 0 aliphatic rings. The first-order chi connectivity index (χ1) is 12.7. The Labute approximate surface area is 155 Å². The Bertz CT molecular complexity index is 676. The van der Waals surface area contributed by atoms with Gasteiger partial charge >= 0.3 is 0 Å². The highest BCUT2D eigenvalue weighted by molar-refractivity contribution is 5.81. The molecule has 2 aromatic carbocycles. The molecule has 0 saturated heterocycles. The molecule has 0 saturated carbocycles. The molecule has 0 fully saturated rings. The molecular weight excluding hydrogens is 328 g/mol. The maximum Gasteiger partial charge on any atom is 0.261 e. The fraction of sp³-hybridized carbons (Fsp3) is 0.381. The van der Waals surface area contributed by atoms with E-state index in [0.29, 0.717) is 24.5 Å². The fourth-order valence-electron chi connectivity index (χ4n) is 2.64. The third-order valence-electron chi connectivity index (χ3n) is 4.17. The van der Waals surface area contributed by atoms with Crippen molar-refractivity contribution in [3.63, 3.8) is 0 Å². The minimum absolute atomic E-state index is 0.0965. The molecule has 5 nitrogen and oxygen atoms in total. The number of hydrogen-bond acceptors (Lipinski definition) is 4. The molecule has 0 bridgehead atoms. The standard InChI is InChI=1S/C21H28N2O3/c1-4-18(26-20-14-9-8-13-19(20)25-3)21(24)22-15-10-16-23(2)17-11-6-5-7-12-17/h5-9,11-14,18H,4,10,15-16H2,1-3H3,(H,22,24)/t18-/m1/s1. The van der Waals surface area contributed by atoms with Crippen LogP contribution in [0.4, 0.5) is 5.69 Å². The number of amides is 1. The van der Waals surface area contributed by atoms with Crippen LogP contribution in [0, 0.1) is 0 Å². The molecule has 2 aromatic rings. The molecule has 0 aromatic heterocycles. The zero-order valence-corrected chi connectivity index (χ0v) is 15.8. The number of benzene rings is 2. The van der Waals surface area contributed by atoms with E-state index in [1.54, 1.807) is 7.11 Å². The predicted octanol–water partition coefficient (Wildman–Crippen LogP) is 3.50. The second-order valence-corrected chi connectivity index (χ2v) is 6.07. The van der Waals surface area contributed by atoms with Crippen molar-refractivity contribution in [2.24, 2.45) is 0 Å². The van der Waals surface area contributed by atoms with E-state index in [0.717, 1.165) is 13.0 Å². The molecule has 1 atom stereocenters. The zero-order valence-electron chi connectivity index (χ0n) is 15.8. The van der Waals surface area contributed by atoms with Gasteiger partial charge in [-0.25, -0.2) is 0 Å². The van der Waals surface area contributed by atoms with Crippen LogP contribution in [-0.4, -0.2) is 39.3 Å². The summed E-state index contributed by atoms with van der Waals surface area (Å²) >= 11 is 0. The monoisotopic (exact) mass is 356 g/mol. The van der Waals surface area contributed by atoms with Crippen LogP contribution in [0.25, 0.3) is 0 Å². The highest BCUT2D eigenvalue weighted by Crippen LogP contribution is 2.27. The normalized spacial score (nSPS) is 11.5. The molecule has 0 aliphatic carbocycles. The molecule has 0 heterocycles. The molecule has 5 heteroatoms. The summed E-state index contributed by atoms with van der Waals surface area (Å²) in [5.41, 5.74) is 1.17. The van der Waals surface area contributed by atoms with Gasteiger partial charge in [0.1, 0.15) is 0 Å². The van der Waals surface area contributed by atoms with Gasteiger partial charge < -0.3 is 19.7 Å². The Morgan fingerprint density at radius 1 is 1.08 bits per heavy atom. The largest absolute Gasteiger partial charge is 0.493 e. The quantitative estimate of drug-likeness (QED) is 0.662. The first-order valence-electron chi connectivity index (χ1n) is 8.99. The number of carbonyl (C=O) groups excluding carboxylic acids is 1. The molecule has 0 unspecified atom stereocenters. The Morgan fingerprint density at radius 3 is 2.38 bits per heavy atom. The third kappa shape index (κ3) is 5.69. The van der Waals surface area contributed by atoms with Crippen molar-refractivity contribution < 1.29 is 14.3 Å². The van der Waals surface area contributed by atoms with Crippen molar-refractivity contribution in [2.75, 3.05) is 32.1 Å².